The maximum absolute atomic E-state index is 10.6. The summed E-state index contributed by atoms with van der Waals surface area (Å²) in [6, 6.07) is 34.1. The van der Waals surface area contributed by atoms with Crippen LogP contribution in [0.15, 0.2) is 84.9 Å². The zero-order valence-corrected chi connectivity index (χ0v) is 19.9. The Balaban J connectivity index is 0.000000449. The minimum absolute atomic E-state index is 0. The Morgan fingerprint density at radius 2 is 1.56 bits per heavy atom. The zero-order valence-electron chi connectivity index (χ0n) is 17.7. The van der Waals surface area contributed by atoms with Crippen LogP contribution in [0, 0.1) is 19.1 Å². The van der Waals surface area contributed by atoms with E-state index in [4.69, 9.17) is 19.6 Å². The summed E-state index contributed by atoms with van der Waals surface area (Å²) in [7, 11) is 0. The van der Waals surface area contributed by atoms with E-state index in [1.807, 2.05) is 84.9 Å². The maximum Gasteiger partial charge on any atom is 0.490 e. The third-order valence-electron chi connectivity index (χ3n) is 4.33. The van der Waals surface area contributed by atoms with E-state index in [-0.39, 0.29) is 22.4 Å². The van der Waals surface area contributed by atoms with Crippen LogP contribution in [-0.2, 0) is 27.2 Å². The van der Waals surface area contributed by atoms with Crippen molar-refractivity contribution in [3.05, 3.63) is 103 Å². The molecule has 4 aromatic rings. The molecule has 8 heteroatoms. The third-order valence-corrected chi connectivity index (χ3v) is 4.33. The van der Waals surface area contributed by atoms with Crippen LogP contribution >= 0.6 is 0 Å². The second-order valence-electron chi connectivity index (χ2n) is 6.78. The molecule has 0 aliphatic carbocycles. The summed E-state index contributed by atoms with van der Waals surface area (Å²) < 4.78 is 37.7. The number of carbonyl (C=O) groups is 1. The van der Waals surface area contributed by atoms with E-state index in [0.29, 0.717) is 5.75 Å². The fourth-order valence-electron chi connectivity index (χ4n) is 2.77. The molecule has 0 aliphatic rings. The summed E-state index contributed by atoms with van der Waals surface area (Å²) in [6.07, 6.45) is -5.08. The van der Waals surface area contributed by atoms with Gasteiger partial charge in [-0.15, -0.1) is 59.2 Å². The number of pyridine rings is 1. The molecule has 0 aliphatic heterocycles. The van der Waals surface area contributed by atoms with E-state index in [2.05, 4.69) is 19.1 Å². The Morgan fingerprint density at radius 3 is 2.18 bits per heavy atom. The van der Waals surface area contributed by atoms with Gasteiger partial charge in [0.1, 0.15) is 5.75 Å². The smallest absolute Gasteiger partial charge is 0.477 e. The van der Waals surface area contributed by atoms with E-state index in [1.54, 1.807) is 0 Å². The van der Waals surface area contributed by atoms with Crippen molar-refractivity contribution in [3.63, 3.8) is 0 Å². The average Bonchev–Trinajstić information content (AvgIpc) is 2.81. The van der Waals surface area contributed by atoms with Gasteiger partial charge in [-0.1, -0.05) is 49.4 Å². The number of aryl methyl sites for hydroxylation is 1. The first-order chi connectivity index (χ1) is 15.7. The number of carboxylic acids is 1. The molecular weight excluding hydrogens is 628 g/mol. The SMILES string of the molecule is Cc1ccc(Oc2ccccc2)[c-]c1-c1cccc(-c2[c-]cccc2)n1.O=C(O)C(F)(F)F.[Au]. The van der Waals surface area contributed by atoms with Gasteiger partial charge < -0.3 is 14.8 Å². The summed E-state index contributed by atoms with van der Waals surface area (Å²) in [5.74, 6) is -1.29. The number of aliphatic carboxylic acids is 1. The molecular formula is C26H18AuF3NO3-2. The van der Waals surface area contributed by atoms with Gasteiger partial charge in [0.2, 0.25) is 0 Å². The van der Waals surface area contributed by atoms with Crippen LogP contribution in [0.25, 0.3) is 22.5 Å². The first kappa shape index (κ1) is 26.9. The largest absolute Gasteiger partial charge is 0.490 e. The molecule has 0 fully saturated rings. The molecule has 4 nitrogen and oxygen atoms in total. The maximum atomic E-state index is 10.6. The van der Waals surface area contributed by atoms with Gasteiger partial charge in [-0.2, -0.15) is 13.2 Å². The van der Waals surface area contributed by atoms with Crippen LogP contribution in [0.4, 0.5) is 13.2 Å². The van der Waals surface area contributed by atoms with Gasteiger partial charge in [-0.05, 0) is 23.5 Å². The molecule has 1 aromatic heterocycles. The quantitative estimate of drug-likeness (QED) is 0.197. The van der Waals surface area contributed by atoms with Gasteiger partial charge in [0, 0.05) is 28.1 Å². The molecule has 0 atom stereocenters. The molecule has 0 saturated carbocycles. The van der Waals surface area contributed by atoms with Gasteiger partial charge in [-0.3, -0.25) is 0 Å². The van der Waals surface area contributed by atoms with E-state index >= 15 is 0 Å². The molecule has 0 saturated heterocycles. The van der Waals surface area contributed by atoms with Crippen LogP contribution in [0.1, 0.15) is 5.56 Å². The van der Waals surface area contributed by atoms with Gasteiger partial charge in [0.25, 0.3) is 0 Å². The van der Waals surface area contributed by atoms with E-state index < -0.39 is 12.1 Å². The van der Waals surface area contributed by atoms with E-state index in [1.165, 1.54) is 0 Å². The van der Waals surface area contributed by atoms with Crippen molar-refractivity contribution in [2.24, 2.45) is 0 Å². The van der Waals surface area contributed by atoms with Crippen LogP contribution in [-0.4, -0.2) is 22.2 Å². The van der Waals surface area contributed by atoms with Crippen molar-refractivity contribution in [2.45, 2.75) is 13.1 Å². The van der Waals surface area contributed by atoms with Crippen LogP contribution in [0.3, 0.4) is 0 Å². The van der Waals surface area contributed by atoms with E-state index in [9.17, 15) is 13.2 Å². The molecule has 179 valence electrons. The Hall–Kier alpha value is -3.39. The summed E-state index contributed by atoms with van der Waals surface area (Å²) in [5, 5.41) is 7.12. The number of para-hydroxylation sites is 1. The number of carboxylic acid groups (broad SMARTS) is 1. The first-order valence-electron chi connectivity index (χ1n) is 9.74. The number of hydrogen-bond acceptors (Lipinski definition) is 3. The fourth-order valence-corrected chi connectivity index (χ4v) is 2.77. The number of alkyl halides is 3. The minimum Gasteiger partial charge on any atom is -0.477 e. The normalized spacial score (nSPS) is 10.4. The van der Waals surface area contributed by atoms with Crippen LogP contribution in [0.2, 0.25) is 0 Å². The number of halogens is 3. The Bertz CT molecular complexity index is 1220. The topological polar surface area (TPSA) is 59.4 Å². The summed E-state index contributed by atoms with van der Waals surface area (Å²) in [4.78, 5) is 13.7. The summed E-state index contributed by atoms with van der Waals surface area (Å²) in [6.45, 7) is 2.06. The Kier molecular flexibility index (Phi) is 9.62. The predicted molar refractivity (Wildman–Crippen MR) is 118 cm³/mol. The van der Waals surface area contributed by atoms with Crippen LogP contribution in [0.5, 0.6) is 11.5 Å². The van der Waals surface area contributed by atoms with Gasteiger partial charge in [-0.25, -0.2) is 4.79 Å². The average molecular weight is 646 g/mol. The van der Waals surface area contributed by atoms with Crippen LogP contribution < -0.4 is 4.74 Å². The monoisotopic (exact) mass is 646 g/mol. The molecule has 4 rings (SSSR count). The molecule has 3 aromatic carbocycles. The number of ether oxygens (including phenoxy) is 1. The van der Waals surface area contributed by atoms with Gasteiger partial charge in [0.15, 0.2) is 0 Å². The molecule has 0 amide bonds. The molecule has 0 bridgehead atoms. The zero-order chi connectivity index (χ0) is 23.8. The first-order valence-corrected chi connectivity index (χ1v) is 9.74. The third kappa shape index (κ3) is 7.59. The standard InChI is InChI=1S/C24H17NO.C2HF3O2.Au/c1-18-15-16-21(26-20-11-6-3-7-12-20)17-22(18)24-14-8-13-23(25-24)19-9-4-2-5-10-19;3-2(4,5)1(6)7;/h2-9,11-16H,1H3;(H,6,7);/q-2;;. The minimum atomic E-state index is -5.08. The molecule has 1 N–H and O–H groups in total. The molecule has 1 heterocycles. The van der Waals surface area contributed by atoms with Crippen molar-refractivity contribution >= 4 is 5.97 Å². The number of aromatic nitrogens is 1. The molecule has 0 unspecified atom stereocenters. The predicted octanol–water partition coefficient (Wildman–Crippen LogP) is 6.75. The Morgan fingerprint density at radius 1 is 0.912 bits per heavy atom. The number of rotatable bonds is 4. The van der Waals surface area contributed by atoms with Gasteiger partial charge in [0.05, 0.1) is 0 Å². The molecule has 1 radical (unpaired) electrons. The number of benzene rings is 3. The van der Waals surface area contributed by atoms with Crippen molar-refractivity contribution in [1.29, 1.82) is 0 Å². The van der Waals surface area contributed by atoms with Gasteiger partial charge >= 0.3 is 12.1 Å². The van der Waals surface area contributed by atoms with Crippen molar-refractivity contribution < 1.29 is 50.2 Å². The van der Waals surface area contributed by atoms with Crippen molar-refractivity contribution in [3.8, 4) is 34.0 Å². The Labute approximate surface area is 210 Å². The fraction of sp³-hybridized carbons (Fsp3) is 0.0769. The summed E-state index contributed by atoms with van der Waals surface area (Å²) >= 11 is 0. The number of nitrogens with zero attached hydrogens (tertiary/aromatic N) is 1. The second kappa shape index (κ2) is 12.2. The molecule has 34 heavy (non-hydrogen) atoms. The van der Waals surface area contributed by atoms with Crippen molar-refractivity contribution in [2.75, 3.05) is 0 Å². The van der Waals surface area contributed by atoms with Crippen molar-refractivity contribution in [1.82, 2.24) is 4.98 Å². The van der Waals surface area contributed by atoms with E-state index in [0.717, 1.165) is 33.8 Å². The molecule has 0 spiro atoms. The number of hydrogen-bond donors (Lipinski definition) is 1. The second-order valence-corrected chi connectivity index (χ2v) is 6.78. The summed E-state index contributed by atoms with van der Waals surface area (Å²) in [5.41, 5.74) is 4.79.